The molecule has 110 valence electrons. The molecule has 0 heterocycles. The lowest BCUT2D eigenvalue weighted by atomic mass is 10.1. The van der Waals surface area contributed by atoms with Crippen molar-refractivity contribution in [2.45, 2.75) is 13.5 Å². The minimum absolute atomic E-state index is 0.148. The highest BCUT2D eigenvalue weighted by Crippen LogP contribution is 2.21. The van der Waals surface area contributed by atoms with Crippen LogP contribution in [0, 0.1) is 12.7 Å². The van der Waals surface area contributed by atoms with Gasteiger partial charge in [0.25, 0.3) is 5.91 Å². The van der Waals surface area contributed by atoms with Crippen LogP contribution in [0.5, 0.6) is 0 Å². The molecule has 5 heteroatoms. The predicted molar refractivity (Wildman–Crippen MR) is 83.3 cm³/mol. The second kappa shape index (κ2) is 6.59. The summed E-state index contributed by atoms with van der Waals surface area (Å²) in [6.07, 6.45) is 0. The Morgan fingerprint density at radius 1 is 1.29 bits per heavy atom. The zero-order valence-electron chi connectivity index (χ0n) is 11.8. The summed E-state index contributed by atoms with van der Waals surface area (Å²) in [4.78, 5) is 11.7. The van der Waals surface area contributed by atoms with E-state index in [0.29, 0.717) is 22.7 Å². The third kappa shape index (κ3) is 3.52. The van der Waals surface area contributed by atoms with Crippen molar-refractivity contribution in [1.82, 2.24) is 5.32 Å². The fourth-order valence-corrected chi connectivity index (χ4v) is 2.27. The van der Waals surface area contributed by atoms with Gasteiger partial charge in [0.15, 0.2) is 0 Å². The molecule has 0 aliphatic heterocycles. The van der Waals surface area contributed by atoms with E-state index in [1.165, 1.54) is 12.1 Å². The van der Waals surface area contributed by atoms with Crippen LogP contribution in [0.25, 0.3) is 0 Å². The largest absolute Gasteiger partial charge is 0.381 e. The zero-order chi connectivity index (χ0) is 15.4. The number of hydrogen-bond acceptors (Lipinski definition) is 2. The van der Waals surface area contributed by atoms with E-state index in [-0.39, 0.29) is 11.7 Å². The van der Waals surface area contributed by atoms with Crippen LogP contribution in [0.1, 0.15) is 21.5 Å². The Labute approximate surface area is 128 Å². The molecule has 0 aromatic heterocycles. The van der Waals surface area contributed by atoms with Gasteiger partial charge in [0, 0.05) is 35.4 Å². The lowest BCUT2D eigenvalue weighted by Gasteiger charge is -2.13. The number of hydrogen-bond donors (Lipinski definition) is 2. The number of anilines is 1. The molecule has 0 aliphatic carbocycles. The quantitative estimate of drug-likeness (QED) is 0.903. The van der Waals surface area contributed by atoms with Crippen molar-refractivity contribution in [3.05, 3.63) is 63.9 Å². The average molecular weight is 307 g/mol. The summed E-state index contributed by atoms with van der Waals surface area (Å²) in [6.45, 7) is 2.14. The van der Waals surface area contributed by atoms with Crippen LogP contribution in [-0.2, 0) is 6.54 Å². The Bertz CT molecular complexity index is 673. The summed E-state index contributed by atoms with van der Waals surface area (Å²) in [7, 11) is 1.59. The number of carbonyl (C=O) groups is 1. The van der Waals surface area contributed by atoms with Crippen LogP contribution in [0.15, 0.2) is 36.4 Å². The van der Waals surface area contributed by atoms with E-state index in [2.05, 4.69) is 10.6 Å². The number of carbonyl (C=O) groups excluding carboxylic acids is 1. The number of benzene rings is 2. The van der Waals surface area contributed by atoms with Crippen LogP contribution in [-0.4, -0.2) is 13.0 Å². The van der Waals surface area contributed by atoms with Crippen molar-refractivity contribution in [1.29, 1.82) is 0 Å². The molecule has 0 saturated carbocycles. The summed E-state index contributed by atoms with van der Waals surface area (Å²) in [5, 5.41) is 6.22. The maximum Gasteiger partial charge on any atom is 0.251 e. The maximum atomic E-state index is 13.7. The van der Waals surface area contributed by atoms with Crippen molar-refractivity contribution in [3.63, 3.8) is 0 Å². The Morgan fingerprint density at radius 2 is 2.05 bits per heavy atom. The van der Waals surface area contributed by atoms with Gasteiger partial charge < -0.3 is 10.6 Å². The van der Waals surface area contributed by atoms with Gasteiger partial charge in [-0.25, -0.2) is 4.39 Å². The third-order valence-electron chi connectivity index (χ3n) is 3.28. The molecule has 0 unspecified atom stereocenters. The Hall–Kier alpha value is -2.07. The van der Waals surface area contributed by atoms with Gasteiger partial charge in [-0.1, -0.05) is 17.7 Å². The van der Waals surface area contributed by atoms with Gasteiger partial charge in [0.2, 0.25) is 0 Å². The Morgan fingerprint density at radius 3 is 2.76 bits per heavy atom. The summed E-state index contributed by atoms with van der Waals surface area (Å²) in [5.41, 5.74) is 2.68. The predicted octanol–water partition coefficient (Wildman–Crippen LogP) is 3.76. The van der Waals surface area contributed by atoms with E-state index >= 15 is 0 Å². The van der Waals surface area contributed by atoms with E-state index in [1.807, 2.05) is 13.0 Å². The fraction of sp³-hybridized carbons (Fsp3) is 0.188. The Balaban J connectivity index is 2.21. The lowest BCUT2D eigenvalue weighted by molar-refractivity contribution is 0.0962. The second-order valence-electron chi connectivity index (χ2n) is 4.65. The maximum absolute atomic E-state index is 13.7. The van der Waals surface area contributed by atoms with E-state index in [9.17, 15) is 9.18 Å². The molecule has 2 aromatic carbocycles. The molecule has 0 spiro atoms. The first kappa shape index (κ1) is 15.3. The standard InChI is InChI=1S/C16H16ClFN2O/c1-10-13(16(21)19-2)4-3-5-15(10)20-9-11-8-12(17)6-7-14(11)18/h3-8,20H,9H2,1-2H3,(H,19,21). The normalized spacial score (nSPS) is 10.3. The molecular weight excluding hydrogens is 291 g/mol. The highest BCUT2D eigenvalue weighted by Gasteiger charge is 2.10. The molecule has 0 bridgehead atoms. The first-order valence-corrected chi connectivity index (χ1v) is 6.90. The van der Waals surface area contributed by atoms with E-state index < -0.39 is 0 Å². The molecule has 0 radical (unpaired) electrons. The molecular formula is C16H16ClFN2O. The molecule has 0 fully saturated rings. The van der Waals surface area contributed by atoms with Gasteiger partial charge in [-0.05, 0) is 42.8 Å². The third-order valence-corrected chi connectivity index (χ3v) is 3.52. The molecule has 2 rings (SSSR count). The fourth-order valence-electron chi connectivity index (χ4n) is 2.08. The molecule has 0 saturated heterocycles. The zero-order valence-corrected chi connectivity index (χ0v) is 12.6. The van der Waals surface area contributed by atoms with Gasteiger partial charge in [0.1, 0.15) is 5.82 Å². The van der Waals surface area contributed by atoms with Crippen molar-refractivity contribution in [2.24, 2.45) is 0 Å². The molecule has 0 aliphatic rings. The highest BCUT2D eigenvalue weighted by molar-refractivity contribution is 6.30. The van der Waals surface area contributed by atoms with E-state index in [1.54, 1.807) is 25.2 Å². The van der Waals surface area contributed by atoms with Crippen molar-refractivity contribution in [3.8, 4) is 0 Å². The molecule has 21 heavy (non-hydrogen) atoms. The van der Waals surface area contributed by atoms with Crippen molar-refractivity contribution >= 4 is 23.2 Å². The van der Waals surface area contributed by atoms with Gasteiger partial charge in [-0.2, -0.15) is 0 Å². The number of rotatable bonds is 4. The Kier molecular flexibility index (Phi) is 4.81. The lowest BCUT2D eigenvalue weighted by Crippen LogP contribution is -2.19. The first-order valence-electron chi connectivity index (χ1n) is 6.52. The molecule has 2 aromatic rings. The topological polar surface area (TPSA) is 41.1 Å². The van der Waals surface area contributed by atoms with Crippen molar-refractivity contribution in [2.75, 3.05) is 12.4 Å². The molecule has 0 atom stereocenters. The minimum atomic E-state index is -0.313. The number of halogens is 2. The highest BCUT2D eigenvalue weighted by atomic mass is 35.5. The molecule has 2 N–H and O–H groups in total. The van der Waals surface area contributed by atoms with Crippen LogP contribution >= 0.6 is 11.6 Å². The summed E-state index contributed by atoms with van der Waals surface area (Å²) >= 11 is 5.87. The summed E-state index contributed by atoms with van der Waals surface area (Å²) in [5.74, 6) is -0.461. The summed E-state index contributed by atoms with van der Waals surface area (Å²) in [6, 6.07) is 9.82. The first-order chi connectivity index (χ1) is 10.0. The van der Waals surface area contributed by atoms with Crippen LogP contribution in [0.2, 0.25) is 5.02 Å². The smallest absolute Gasteiger partial charge is 0.251 e. The van der Waals surface area contributed by atoms with Crippen LogP contribution in [0.4, 0.5) is 10.1 Å². The monoisotopic (exact) mass is 306 g/mol. The van der Waals surface area contributed by atoms with Crippen molar-refractivity contribution < 1.29 is 9.18 Å². The molecule has 3 nitrogen and oxygen atoms in total. The van der Waals surface area contributed by atoms with Gasteiger partial charge in [0.05, 0.1) is 0 Å². The SMILES string of the molecule is CNC(=O)c1cccc(NCc2cc(Cl)ccc2F)c1C. The minimum Gasteiger partial charge on any atom is -0.381 e. The van der Waals surface area contributed by atoms with E-state index in [4.69, 9.17) is 11.6 Å². The van der Waals surface area contributed by atoms with Gasteiger partial charge >= 0.3 is 0 Å². The van der Waals surface area contributed by atoms with Gasteiger partial charge in [-0.3, -0.25) is 4.79 Å². The number of amides is 1. The van der Waals surface area contributed by atoms with E-state index in [0.717, 1.165) is 11.3 Å². The van der Waals surface area contributed by atoms with Gasteiger partial charge in [-0.15, -0.1) is 0 Å². The average Bonchev–Trinajstić information content (AvgIpc) is 2.48. The number of nitrogens with one attached hydrogen (secondary N) is 2. The molecule has 1 amide bonds. The second-order valence-corrected chi connectivity index (χ2v) is 5.08. The summed E-state index contributed by atoms with van der Waals surface area (Å²) < 4.78 is 13.7. The van der Waals surface area contributed by atoms with Crippen LogP contribution < -0.4 is 10.6 Å². The van der Waals surface area contributed by atoms with Crippen LogP contribution in [0.3, 0.4) is 0 Å².